The van der Waals surface area contributed by atoms with Crippen molar-refractivity contribution in [1.82, 2.24) is 10.2 Å². The second kappa shape index (κ2) is 6.58. The first-order chi connectivity index (χ1) is 8.72. The molecule has 1 heterocycles. The third kappa shape index (κ3) is 3.49. The molecule has 7 heteroatoms. The van der Waals surface area contributed by atoms with E-state index in [0.717, 1.165) is 22.9 Å². The number of carbonyl (C=O) groups is 1. The molecule has 0 aromatic carbocycles. The minimum atomic E-state index is 0.0803. The van der Waals surface area contributed by atoms with Crippen LogP contribution in [0.5, 0.6) is 0 Å². The maximum atomic E-state index is 11.9. The molecule has 1 saturated carbocycles. The van der Waals surface area contributed by atoms with Crippen LogP contribution in [-0.4, -0.2) is 33.4 Å². The van der Waals surface area contributed by atoms with Gasteiger partial charge in [-0.3, -0.25) is 4.79 Å². The smallest absolute Gasteiger partial charge is 0.229 e. The zero-order valence-electron chi connectivity index (χ0n) is 10.1. The molecular weight excluding hydrogens is 286 g/mol. The predicted molar refractivity (Wildman–Crippen MR) is 79.5 cm³/mol. The Morgan fingerprint density at radius 2 is 2.39 bits per heavy atom. The molecule has 1 aromatic rings. The summed E-state index contributed by atoms with van der Waals surface area (Å²) in [6, 6.07) is 0. The topological polar surface area (TPSA) is 54.9 Å². The highest BCUT2D eigenvalue weighted by Crippen LogP contribution is 2.36. The van der Waals surface area contributed by atoms with Crippen LogP contribution in [0.2, 0.25) is 0 Å². The number of nitrogens with one attached hydrogen (secondary N) is 1. The molecule has 0 atom stereocenters. The van der Waals surface area contributed by atoms with E-state index in [1.807, 2.05) is 17.8 Å². The summed E-state index contributed by atoms with van der Waals surface area (Å²) in [7, 11) is 0. The second-order valence-corrected chi connectivity index (χ2v) is 7.37. The van der Waals surface area contributed by atoms with Gasteiger partial charge in [0.2, 0.25) is 11.0 Å². The van der Waals surface area contributed by atoms with Gasteiger partial charge in [0.1, 0.15) is 0 Å². The lowest BCUT2D eigenvalue weighted by atomic mass is 9.84. The largest absolute Gasteiger partial charge is 0.300 e. The van der Waals surface area contributed by atoms with Gasteiger partial charge in [0, 0.05) is 16.9 Å². The monoisotopic (exact) mass is 301 g/mol. The lowest BCUT2D eigenvalue weighted by molar-refractivity contribution is -0.121. The van der Waals surface area contributed by atoms with Crippen molar-refractivity contribution in [2.24, 2.45) is 5.92 Å². The minimum Gasteiger partial charge on any atom is -0.300 e. The van der Waals surface area contributed by atoms with E-state index in [-0.39, 0.29) is 11.8 Å². The van der Waals surface area contributed by atoms with Crippen LogP contribution in [-0.2, 0) is 4.79 Å². The zero-order valence-corrected chi connectivity index (χ0v) is 12.5. The quantitative estimate of drug-likeness (QED) is 0.497. The summed E-state index contributed by atoms with van der Waals surface area (Å²) in [5, 5.41) is 12.1. The van der Waals surface area contributed by atoms with Crippen LogP contribution in [0, 0.1) is 5.92 Å². The number of thioether (sulfide) groups is 2. The number of rotatable bonds is 6. The van der Waals surface area contributed by atoms with E-state index in [9.17, 15) is 4.79 Å². The highest BCUT2D eigenvalue weighted by Gasteiger charge is 2.34. The van der Waals surface area contributed by atoms with Crippen LogP contribution in [0.4, 0.5) is 5.13 Å². The van der Waals surface area contributed by atoms with E-state index in [1.165, 1.54) is 11.3 Å². The van der Waals surface area contributed by atoms with Gasteiger partial charge >= 0.3 is 0 Å². The standard InChI is InChI=1S/C11H15N3OS3/c1-3-4-17-11-14-13-10(18-11)12-9(15)7-5-8(6-7)16-2/h3,7-8H,1,4-6H2,2H3,(H,12,13,15). The molecule has 2 rings (SSSR count). The molecule has 0 unspecified atom stereocenters. The van der Waals surface area contributed by atoms with Gasteiger partial charge < -0.3 is 5.32 Å². The van der Waals surface area contributed by atoms with Crippen molar-refractivity contribution in [2.75, 3.05) is 17.3 Å². The second-order valence-electron chi connectivity index (χ2n) is 3.99. The number of anilines is 1. The Bertz CT molecular complexity index is 429. The summed E-state index contributed by atoms with van der Waals surface area (Å²) in [6.45, 7) is 3.65. The van der Waals surface area contributed by atoms with Gasteiger partial charge in [-0.2, -0.15) is 11.8 Å². The highest BCUT2D eigenvalue weighted by atomic mass is 32.2. The first-order valence-electron chi connectivity index (χ1n) is 5.63. The highest BCUT2D eigenvalue weighted by molar-refractivity contribution is 8.01. The van der Waals surface area contributed by atoms with Crippen LogP contribution in [0.15, 0.2) is 17.0 Å². The number of hydrogen-bond acceptors (Lipinski definition) is 6. The van der Waals surface area contributed by atoms with Gasteiger partial charge in [-0.1, -0.05) is 29.2 Å². The molecule has 0 aliphatic heterocycles. The Morgan fingerprint density at radius 3 is 3.06 bits per heavy atom. The lowest BCUT2D eigenvalue weighted by Crippen LogP contribution is -2.35. The number of hydrogen-bond donors (Lipinski definition) is 1. The normalized spacial score (nSPS) is 22.3. The van der Waals surface area contributed by atoms with Crippen molar-refractivity contribution in [1.29, 1.82) is 0 Å². The maximum absolute atomic E-state index is 11.9. The summed E-state index contributed by atoms with van der Waals surface area (Å²) < 4.78 is 0.862. The van der Waals surface area contributed by atoms with Gasteiger partial charge in [0.25, 0.3) is 0 Å². The molecule has 0 radical (unpaired) electrons. The Kier molecular flexibility index (Phi) is 5.08. The van der Waals surface area contributed by atoms with Gasteiger partial charge in [0.05, 0.1) is 0 Å². The maximum Gasteiger partial charge on any atom is 0.229 e. The Morgan fingerprint density at radius 1 is 1.61 bits per heavy atom. The van der Waals surface area contributed by atoms with Gasteiger partial charge in [-0.05, 0) is 19.1 Å². The van der Waals surface area contributed by atoms with Gasteiger partial charge in [-0.15, -0.1) is 16.8 Å². The van der Waals surface area contributed by atoms with Crippen molar-refractivity contribution >= 4 is 45.9 Å². The molecule has 1 aliphatic carbocycles. The summed E-state index contributed by atoms with van der Waals surface area (Å²) >= 11 is 4.82. The van der Waals surface area contributed by atoms with Crippen molar-refractivity contribution < 1.29 is 4.79 Å². The zero-order chi connectivity index (χ0) is 13.0. The number of carbonyl (C=O) groups excluding carboxylic acids is 1. The molecular formula is C11H15N3OS3. The molecule has 1 aliphatic rings. The summed E-state index contributed by atoms with van der Waals surface area (Å²) in [4.78, 5) is 11.9. The van der Waals surface area contributed by atoms with Crippen LogP contribution in [0.25, 0.3) is 0 Å². The van der Waals surface area contributed by atoms with E-state index in [2.05, 4.69) is 28.3 Å². The molecule has 4 nitrogen and oxygen atoms in total. The fourth-order valence-corrected chi connectivity index (χ4v) is 3.99. The number of aromatic nitrogens is 2. The van der Waals surface area contributed by atoms with Gasteiger partial charge in [-0.25, -0.2) is 0 Å². The first kappa shape index (κ1) is 13.9. The summed E-state index contributed by atoms with van der Waals surface area (Å²) in [6.07, 6.45) is 5.86. The SMILES string of the molecule is C=CCSc1nnc(NC(=O)C2CC(SC)C2)s1. The van der Waals surface area contributed by atoms with Crippen LogP contribution >= 0.6 is 34.9 Å². The van der Waals surface area contributed by atoms with E-state index in [0.29, 0.717) is 10.4 Å². The van der Waals surface area contributed by atoms with Gasteiger partial charge in [0.15, 0.2) is 4.34 Å². The molecule has 0 saturated heterocycles. The molecule has 98 valence electrons. The van der Waals surface area contributed by atoms with E-state index < -0.39 is 0 Å². The van der Waals surface area contributed by atoms with Crippen molar-refractivity contribution in [3.8, 4) is 0 Å². The molecule has 1 amide bonds. The average molecular weight is 301 g/mol. The summed E-state index contributed by atoms with van der Waals surface area (Å²) in [5.74, 6) is 1.04. The van der Waals surface area contributed by atoms with Crippen molar-refractivity contribution in [2.45, 2.75) is 22.4 Å². The van der Waals surface area contributed by atoms with Crippen molar-refractivity contribution in [3.63, 3.8) is 0 Å². The van der Waals surface area contributed by atoms with Crippen LogP contribution in [0.1, 0.15) is 12.8 Å². The molecule has 0 bridgehead atoms. The predicted octanol–water partition coefficient (Wildman–Crippen LogP) is 2.90. The van der Waals surface area contributed by atoms with E-state index in [4.69, 9.17) is 0 Å². The van der Waals surface area contributed by atoms with E-state index in [1.54, 1.807) is 11.8 Å². The molecule has 1 aromatic heterocycles. The molecule has 1 N–H and O–H groups in total. The van der Waals surface area contributed by atoms with E-state index >= 15 is 0 Å². The fourth-order valence-electron chi connectivity index (χ4n) is 1.63. The van der Waals surface area contributed by atoms with Crippen LogP contribution in [0.3, 0.4) is 0 Å². The average Bonchev–Trinajstić information content (AvgIpc) is 2.72. The molecule has 0 spiro atoms. The lowest BCUT2D eigenvalue weighted by Gasteiger charge is -2.32. The third-order valence-corrected chi connectivity index (χ3v) is 5.78. The molecule has 18 heavy (non-hydrogen) atoms. The Hall–Kier alpha value is -0.530. The third-order valence-electron chi connectivity index (χ3n) is 2.76. The van der Waals surface area contributed by atoms with Crippen molar-refractivity contribution in [3.05, 3.63) is 12.7 Å². The Labute approximate surface area is 119 Å². The Balaban J connectivity index is 1.80. The number of amides is 1. The molecule has 1 fully saturated rings. The summed E-state index contributed by atoms with van der Waals surface area (Å²) in [5.41, 5.74) is 0. The van der Waals surface area contributed by atoms with Crippen LogP contribution < -0.4 is 5.32 Å². The fraction of sp³-hybridized carbons (Fsp3) is 0.545. The minimum absolute atomic E-state index is 0.0803. The number of nitrogens with zero attached hydrogens (tertiary/aromatic N) is 2. The first-order valence-corrected chi connectivity index (χ1v) is 8.72.